The first-order chi connectivity index (χ1) is 5.60. The van der Waals surface area contributed by atoms with Crippen LogP contribution in [-0.2, 0) is 9.53 Å². The number of hydrogen-bond donors (Lipinski definition) is 1. The molecule has 0 aromatic rings. The highest BCUT2D eigenvalue weighted by Gasteiger charge is 2.36. The molecule has 0 bridgehead atoms. The third kappa shape index (κ3) is 2.73. The van der Waals surface area contributed by atoms with Gasteiger partial charge in [-0.25, -0.2) is 13.6 Å². The lowest BCUT2D eigenvalue weighted by Gasteiger charge is -2.19. The zero-order valence-corrected chi connectivity index (χ0v) is 6.98. The van der Waals surface area contributed by atoms with Gasteiger partial charge in [0.1, 0.15) is 13.3 Å². The number of hydrogen-bond acceptors (Lipinski definition) is 3. The molecule has 0 aliphatic rings. The molecule has 12 heavy (non-hydrogen) atoms. The second-order valence-electron chi connectivity index (χ2n) is 2.56. The van der Waals surface area contributed by atoms with E-state index in [9.17, 15) is 13.6 Å². The molecule has 0 spiro atoms. The molecular formula is C7H13F2NO2. The molecule has 72 valence electrons. The molecule has 3 nitrogen and oxygen atoms in total. The topological polar surface area (TPSA) is 52.3 Å². The van der Waals surface area contributed by atoms with E-state index >= 15 is 0 Å². The van der Waals surface area contributed by atoms with Gasteiger partial charge in [0.05, 0.1) is 6.61 Å². The first kappa shape index (κ1) is 11.3. The van der Waals surface area contributed by atoms with Gasteiger partial charge in [-0.2, -0.15) is 0 Å². The highest BCUT2D eigenvalue weighted by atomic mass is 19.1. The van der Waals surface area contributed by atoms with Gasteiger partial charge >= 0.3 is 5.97 Å². The van der Waals surface area contributed by atoms with Crippen LogP contribution in [0.2, 0.25) is 0 Å². The minimum atomic E-state index is -2.10. The standard InChI is InChI=1S/C7H13F2NO2/c1-2-3-12-6(11)7(10,4-8)5-9/h2-5,10H2,1H3. The van der Waals surface area contributed by atoms with Crippen LogP contribution in [0.4, 0.5) is 8.78 Å². The minimum Gasteiger partial charge on any atom is -0.464 e. The van der Waals surface area contributed by atoms with E-state index in [0.29, 0.717) is 6.42 Å². The van der Waals surface area contributed by atoms with Crippen LogP contribution in [0, 0.1) is 0 Å². The lowest BCUT2D eigenvalue weighted by Crippen LogP contribution is -2.53. The number of nitrogens with two attached hydrogens (primary N) is 1. The Labute approximate surface area is 69.9 Å². The number of carbonyl (C=O) groups is 1. The first-order valence-corrected chi connectivity index (χ1v) is 3.68. The summed E-state index contributed by atoms with van der Waals surface area (Å²) in [4.78, 5) is 10.9. The van der Waals surface area contributed by atoms with Crippen molar-refractivity contribution in [2.45, 2.75) is 18.9 Å². The fraction of sp³-hybridized carbons (Fsp3) is 0.857. The van der Waals surface area contributed by atoms with Crippen LogP contribution in [0.5, 0.6) is 0 Å². The van der Waals surface area contributed by atoms with Gasteiger partial charge in [-0.3, -0.25) is 0 Å². The molecule has 2 N–H and O–H groups in total. The molecule has 0 radical (unpaired) electrons. The van der Waals surface area contributed by atoms with Crippen LogP contribution in [0.3, 0.4) is 0 Å². The van der Waals surface area contributed by atoms with Gasteiger partial charge in [0.15, 0.2) is 5.54 Å². The summed E-state index contributed by atoms with van der Waals surface area (Å²) < 4.78 is 28.6. The van der Waals surface area contributed by atoms with Crippen LogP contribution in [-0.4, -0.2) is 31.5 Å². The highest BCUT2D eigenvalue weighted by molar-refractivity contribution is 5.80. The predicted octanol–water partition coefficient (Wildman–Crippen LogP) is 0.576. The summed E-state index contributed by atoms with van der Waals surface area (Å²) in [7, 11) is 0. The molecule has 0 heterocycles. The SMILES string of the molecule is CCCOC(=O)C(N)(CF)CF. The van der Waals surface area contributed by atoms with Crippen molar-refractivity contribution < 1.29 is 18.3 Å². The molecular weight excluding hydrogens is 168 g/mol. The summed E-state index contributed by atoms with van der Waals surface area (Å²) in [6.45, 7) is -0.577. The summed E-state index contributed by atoms with van der Waals surface area (Å²) >= 11 is 0. The second-order valence-corrected chi connectivity index (χ2v) is 2.56. The molecule has 5 heteroatoms. The molecule has 0 aromatic heterocycles. The monoisotopic (exact) mass is 181 g/mol. The van der Waals surface area contributed by atoms with Crippen LogP contribution in [0.15, 0.2) is 0 Å². The molecule has 0 amide bonds. The van der Waals surface area contributed by atoms with E-state index in [1.807, 2.05) is 0 Å². The van der Waals surface area contributed by atoms with Gasteiger partial charge in [0.25, 0.3) is 0 Å². The van der Waals surface area contributed by atoms with E-state index in [4.69, 9.17) is 5.73 Å². The van der Waals surface area contributed by atoms with Crippen molar-refractivity contribution in [1.29, 1.82) is 0 Å². The van der Waals surface area contributed by atoms with Gasteiger partial charge in [0, 0.05) is 0 Å². The van der Waals surface area contributed by atoms with E-state index in [1.165, 1.54) is 0 Å². The smallest absolute Gasteiger partial charge is 0.331 e. The average Bonchev–Trinajstić information content (AvgIpc) is 2.12. The Kier molecular flexibility index (Phi) is 4.73. The van der Waals surface area contributed by atoms with Crippen LogP contribution in [0.1, 0.15) is 13.3 Å². The van der Waals surface area contributed by atoms with Crippen molar-refractivity contribution >= 4 is 5.97 Å². The molecule has 0 rings (SSSR count). The Bertz CT molecular complexity index is 148. The number of esters is 1. The second kappa shape index (κ2) is 5.03. The lowest BCUT2D eigenvalue weighted by molar-refractivity contribution is -0.151. The van der Waals surface area contributed by atoms with E-state index in [1.54, 1.807) is 6.92 Å². The van der Waals surface area contributed by atoms with Crippen molar-refractivity contribution in [3.8, 4) is 0 Å². The summed E-state index contributed by atoms with van der Waals surface area (Å²) in [6, 6.07) is 0. The number of carbonyl (C=O) groups excluding carboxylic acids is 1. The fourth-order valence-electron chi connectivity index (χ4n) is 0.483. The van der Waals surface area contributed by atoms with Crippen LogP contribution in [0.25, 0.3) is 0 Å². The Morgan fingerprint density at radius 1 is 1.50 bits per heavy atom. The van der Waals surface area contributed by atoms with Gasteiger partial charge in [0.2, 0.25) is 0 Å². The Balaban J connectivity index is 4.03. The number of ether oxygens (including phenoxy) is 1. The third-order valence-electron chi connectivity index (χ3n) is 1.32. The van der Waals surface area contributed by atoms with Crippen LogP contribution < -0.4 is 5.73 Å². The van der Waals surface area contributed by atoms with E-state index in [-0.39, 0.29) is 6.61 Å². The highest BCUT2D eigenvalue weighted by Crippen LogP contribution is 2.05. The van der Waals surface area contributed by atoms with Gasteiger partial charge in [-0.15, -0.1) is 0 Å². The summed E-state index contributed by atoms with van der Waals surface area (Å²) in [5, 5.41) is 0. The molecule has 0 aliphatic carbocycles. The quantitative estimate of drug-likeness (QED) is 0.631. The third-order valence-corrected chi connectivity index (χ3v) is 1.32. The van der Waals surface area contributed by atoms with Crippen molar-refractivity contribution in [3.05, 3.63) is 0 Å². The summed E-state index contributed by atoms with van der Waals surface area (Å²) in [5.41, 5.74) is 2.95. The normalized spacial score (nSPS) is 11.3. The zero-order chi connectivity index (χ0) is 9.61. The van der Waals surface area contributed by atoms with Gasteiger partial charge in [-0.1, -0.05) is 6.92 Å². The molecule has 0 aromatic carbocycles. The van der Waals surface area contributed by atoms with Crippen molar-refractivity contribution in [2.75, 3.05) is 20.0 Å². The maximum Gasteiger partial charge on any atom is 0.331 e. The Hall–Kier alpha value is -0.710. The van der Waals surface area contributed by atoms with E-state index in [2.05, 4.69) is 4.74 Å². The number of rotatable bonds is 5. The van der Waals surface area contributed by atoms with E-state index in [0.717, 1.165) is 0 Å². The molecule has 0 fully saturated rings. The Morgan fingerprint density at radius 3 is 2.33 bits per heavy atom. The molecule has 0 atom stereocenters. The zero-order valence-electron chi connectivity index (χ0n) is 6.98. The minimum absolute atomic E-state index is 0.137. The number of halogens is 2. The van der Waals surface area contributed by atoms with E-state index < -0.39 is 24.9 Å². The summed E-state index contributed by atoms with van der Waals surface area (Å²) in [5.74, 6) is -1.02. The summed E-state index contributed by atoms with van der Waals surface area (Å²) in [6.07, 6.45) is 0.598. The largest absolute Gasteiger partial charge is 0.464 e. The maximum absolute atomic E-state index is 12.1. The van der Waals surface area contributed by atoms with Crippen LogP contribution >= 0.6 is 0 Å². The molecule has 0 saturated heterocycles. The molecule has 0 saturated carbocycles. The fourth-order valence-corrected chi connectivity index (χ4v) is 0.483. The maximum atomic E-state index is 12.1. The lowest BCUT2D eigenvalue weighted by atomic mass is 10.1. The predicted molar refractivity (Wildman–Crippen MR) is 40.1 cm³/mol. The number of alkyl halides is 2. The molecule has 0 aliphatic heterocycles. The van der Waals surface area contributed by atoms with Gasteiger partial charge in [-0.05, 0) is 6.42 Å². The van der Waals surface area contributed by atoms with Crippen molar-refractivity contribution in [2.24, 2.45) is 5.73 Å². The molecule has 0 unspecified atom stereocenters. The first-order valence-electron chi connectivity index (χ1n) is 3.68. The van der Waals surface area contributed by atoms with Gasteiger partial charge < -0.3 is 10.5 Å². The average molecular weight is 181 g/mol. The Morgan fingerprint density at radius 2 is 2.00 bits per heavy atom. The van der Waals surface area contributed by atoms with Crippen molar-refractivity contribution in [3.63, 3.8) is 0 Å². The van der Waals surface area contributed by atoms with Crippen molar-refractivity contribution in [1.82, 2.24) is 0 Å².